The summed E-state index contributed by atoms with van der Waals surface area (Å²) >= 11 is 0. The Labute approximate surface area is 105 Å². The molecule has 17 heavy (non-hydrogen) atoms. The summed E-state index contributed by atoms with van der Waals surface area (Å²) in [5, 5.41) is 3.22. The molecule has 0 saturated carbocycles. The van der Waals surface area contributed by atoms with Crippen molar-refractivity contribution in [3.8, 4) is 5.75 Å². The SMILES string of the molecule is CNC(C)C(C)Oc1cc(C)ccc1C(C)C. The van der Waals surface area contributed by atoms with Gasteiger partial charge in [-0.05, 0) is 50.9 Å². The molecular weight excluding hydrogens is 210 g/mol. The van der Waals surface area contributed by atoms with Gasteiger partial charge in [-0.2, -0.15) is 0 Å². The van der Waals surface area contributed by atoms with E-state index in [0.29, 0.717) is 12.0 Å². The number of aryl methyl sites for hydroxylation is 1. The second-order valence-electron chi connectivity index (χ2n) is 5.10. The molecule has 0 bridgehead atoms. The van der Waals surface area contributed by atoms with E-state index in [2.05, 4.69) is 58.1 Å². The third-order valence-corrected chi connectivity index (χ3v) is 3.26. The van der Waals surface area contributed by atoms with E-state index in [0.717, 1.165) is 5.75 Å². The molecule has 0 aliphatic carbocycles. The molecule has 1 N–H and O–H groups in total. The fraction of sp³-hybridized carbons (Fsp3) is 0.600. The Bertz CT molecular complexity index is 360. The highest BCUT2D eigenvalue weighted by Crippen LogP contribution is 2.28. The topological polar surface area (TPSA) is 21.3 Å². The zero-order valence-electron chi connectivity index (χ0n) is 11.9. The molecule has 0 spiro atoms. The summed E-state index contributed by atoms with van der Waals surface area (Å²) in [4.78, 5) is 0. The zero-order chi connectivity index (χ0) is 13.0. The van der Waals surface area contributed by atoms with Crippen LogP contribution in [0.1, 0.15) is 44.7 Å². The number of likely N-dealkylation sites (N-methyl/N-ethyl adjacent to an activating group) is 1. The minimum absolute atomic E-state index is 0.166. The summed E-state index contributed by atoms with van der Waals surface area (Å²) in [5.74, 6) is 1.51. The maximum Gasteiger partial charge on any atom is 0.123 e. The summed E-state index contributed by atoms with van der Waals surface area (Å²) in [6.07, 6.45) is 0.166. The van der Waals surface area contributed by atoms with Crippen LogP contribution in [0.3, 0.4) is 0 Å². The Kier molecular flexibility index (Phi) is 5.01. The smallest absolute Gasteiger partial charge is 0.123 e. The van der Waals surface area contributed by atoms with Gasteiger partial charge in [0, 0.05) is 6.04 Å². The molecule has 2 heteroatoms. The van der Waals surface area contributed by atoms with E-state index in [-0.39, 0.29) is 6.10 Å². The first-order valence-corrected chi connectivity index (χ1v) is 6.40. The average molecular weight is 235 g/mol. The summed E-state index contributed by atoms with van der Waals surface area (Å²) in [6, 6.07) is 6.80. The standard InChI is InChI=1S/C15H25NO/c1-10(2)14-8-7-11(3)9-15(14)17-13(5)12(4)16-6/h7-10,12-13,16H,1-6H3. The van der Waals surface area contributed by atoms with Gasteiger partial charge in [-0.1, -0.05) is 26.0 Å². The number of rotatable bonds is 5. The lowest BCUT2D eigenvalue weighted by Gasteiger charge is -2.23. The van der Waals surface area contributed by atoms with Crippen LogP contribution in [0, 0.1) is 6.92 Å². The molecule has 0 aliphatic rings. The van der Waals surface area contributed by atoms with Crippen molar-refractivity contribution in [2.45, 2.75) is 52.7 Å². The molecule has 2 nitrogen and oxygen atoms in total. The second-order valence-corrected chi connectivity index (χ2v) is 5.10. The lowest BCUT2D eigenvalue weighted by atomic mass is 10.0. The molecule has 96 valence electrons. The quantitative estimate of drug-likeness (QED) is 0.843. The van der Waals surface area contributed by atoms with Gasteiger partial charge in [0.1, 0.15) is 11.9 Å². The van der Waals surface area contributed by atoms with Gasteiger partial charge in [-0.25, -0.2) is 0 Å². The summed E-state index contributed by atoms with van der Waals surface area (Å²) < 4.78 is 6.08. The van der Waals surface area contributed by atoms with E-state index < -0.39 is 0 Å². The highest BCUT2D eigenvalue weighted by Gasteiger charge is 2.15. The van der Waals surface area contributed by atoms with Crippen molar-refractivity contribution in [3.05, 3.63) is 29.3 Å². The summed E-state index contributed by atoms with van der Waals surface area (Å²) in [7, 11) is 1.96. The van der Waals surface area contributed by atoms with Gasteiger partial charge in [0.2, 0.25) is 0 Å². The minimum atomic E-state index is 0.166. The van der Waals surface area contributed by atoms with Crippen molar-refractivity contribution in [2.24, 2.45) is 0 Å². The molecule has 0 heterocycles. The van der Waals surface area contributed by atoms with Gasteiger partial charge in [0.05, 0.1) is 0 Å². The lowest BCUT2D eigenvalue weighted by molar-refractivity contribution is 0.180. The molecule has 2 unspecified atom stereocenters. The van der Waals surface area contributed by atoms with Crippen LogP contribution in [0.15, 0.2) is 18.2 Å². The maximum absolute atomic E-state index is 6.08. The minimum Gasteiger partial charge on any atom is -0.489 e. The monoisotopic (exact) mass is 235 g/mol. The van der Waals surface area contributed by atoms with Crippen LogP contribution in [0.4, 0.5) is 0 Å². The van der Waals surface area contributed by atoms with Crippen molar-refractivity contribution in [1.82, 2.24) is 5.32 Å². The van der Waals surface area contributed by atoms with Crippen LogP contribution in [-0.4, -0.2) is 19.2 Å². The molecule has 0 saturated heterocycles. The lowest BCUT2D eigenvalue weighted by Crippen LogP contribution is -2.36. The van der Waals surface area contributed by atoms with E-state index in [1.165, 1.54) is 11.1 Å². The van der Waals surface area contributed by atoms with E-state index in [1.54, 1.807) is 0 Å². The van der Waals surface area contributed by atoms with E-state index in [9.17, 15) is 0 Å². The van der Waals surface area contributed by atoms with Crippen LogP contribution >= 0.6 is 0 Å². The third kappa shape index (κ3) is 3.74. The van der Waals surface area contributed by atoms with E-state index >= 15 is 0 Å². The molecule has 1 aromatic rings. The average Bonchev–Trinajstić information content (AvgIpc) is 2.27. The largest absolute Gasteiger partial charge is 0.489 e. The molecule has 0 amide bonds. The molecule has 0 fully saturated rings. The fourth-order valence-electron chi connectivity index (χ4n) is 1.76. The molecule has 1 rings (SSSR count). The fourth-order valence-corrected chi connectivity index (χ4v) is 1.76. The summed E-state index contributed by atoms with van der Waals surface area (Å²) in [6.45, 7) is 10.7. The van der Waals surface area contributed by atoms with Gasteiger partial charge >= 0.3 is 0 Å². The van der Waals surface area contributed by atoms with Crippen molar-refractivity contribution < 1.29 is 4.74 Å². The Hall–Kier alpha value is -1.02. The Morgan fingerprint density at radius 2 is 1.76 bits per heavy atom. The van der Waals surface area contributed by atoms with Crippen molar-refractivity contribution >= 4 is 0 Å². The predicted octanol–water partition coefficient (Wildman–Crippen LogP) is 3.49. The molecule has 0 aromatic heterocycles. The van der Waals surface area contributed by atoms with Crippen LogP contribution in [0.5, 0.6) is 5.75 Å². The van der Waals surface area contributed by atoms with Gasteiger partial charge < -0.3 is 10.1 Å². The first-order chi connectivity index (χ1) is 7.95. The van der Waals surface area contributed by atoms with Crippen LogP contribution in [-0.2, 0) is 0 Å². The normalized spacial score (nSPS) is 14.8. The second kappa shape index (κ2) is 6.06. The Morgan fingerprint density at radius 3 is 2.29 bits per heavy atom. The van der Waals surface area contributed by atoms with Crippen LogP contribution in [0.2, 0.25) is 0 Å². The van der Waals surface area contributed by atoms with Gasteiger partial charge in [0.15, 0.2) is 0 Å². The predicted molar refractivity (Wildman–Crippen MR) is 73.9 cm³/mol. The van der Waals surface area contributed by atoms with Crippen LogP contribution < -0.4 is 10.1 Å². The van der Waals surface area contributed by atoms with E-state index in [1.807, 2.05) is 7.05 Å². The Balaban J connectivity index is 2.92. The highest BCUT2D eigenvalue weighted by molar-refractivity contribution is 5.39. The first-order valence-electron chi connectivity index (χ1n) is 6.40. The van der Waals surface area contributed by atoms with Gasteiger partial charge in [-0.3, -0.25) is 0 Å². The molecule has 0 radical (unpaired) electrons. The number of ether oxygens (including phenoxy) is 1. The molecule has 2 atom stereocenters. The van der Waals surface area contributed by atoms with Gasteiger partial charge in [-0.15, -0.1) is 0 Å². The molecular formula is C15H25NO. The highest BCUT2D eigenvalue weighted by atomic mass is 16.5. The first kappa shape index (κ1) is 14.0. The third-order valence-electron chi connectivity index (χ3n) is 3.26. The number of hydrogen-bond acceptors (Lipinski definition) is 2. The molecule has 1 aromatic carbocycles. The number of nitrogens with one attached hydrogen (secondary N) is 1. The zero-order valence-corrected chi connectivity index (χ0v) is 11.9. The van der Waals surface area contributed by atoms with E-state index in [4.69, 9.17) is 4.74 Å². The van der Waals surface area contributed by atoms with Gasteiger partial charge in [0.25, 0.3) is 0 Å². The van der Waals surface area contributed by atoms with Crippen molar-refractivity contribution in [3.63, 3.8) is 0 Å². The van der Waals surface area contributed by atoms with Crippen LogP contribution in [0.25, 0.3) is 0 Å². The number of hydrogen-bond donors (Lipinski definition) is 1. The maximum atomic E-state index is 6.08. The summed E-state index contributed by atoms with van der Waals surface area (Å²) in [5.41, 5.74) is 2.53. The molecule has 0 aliphatic heterocycles. The van der Waals surface area contributed by atoms with Crippen molar-refractivity contribution in [2.75, 3.05) is 7.05 Å². The number of benzene rings is 1. The Morgan fingerprint density at radius 1 is 1.12 bits per heavy atom. The van der Waals surface area contributed by atoms with Crippen molar-refractivity contribution in [1.29, 1.82) is 0 Å².